The normalized spacial score (nSPS) is 16.4. The van der Waals surface area contributed by atoms with Crippen molar-refractivity contribution >= 4 is 28.8 Å². The number of carbonyl (C=O) groups excluding carboxylic acids is 1. The van der Waals surface area contributed by atoms with E-state index < -0.39 is 18.6 Å². The van der Waals surface area contributed by atoms with Crippen LogP contribution in [-0.4, -0.2) is 66.1 Å². The highest BCUT2D eigenvalue weighted by Crippen LogP contribution is 2.23. The van der Waals surface area contributed by atoms with E-state index in [1.807, 2.05) is 17.0 Å². The molecule has 0 bridgehead atoms. The molecule has 1 aliphatic heterocycles. The Morgan fingerprint density at radius 3 is 2.46 bits per heavy atom. The van der Waals surface area contributed by atoms with Gasteiger partial charge in [-0.2, -0.15) is 13.2 Å². The molecule has 1 aliphatic rings. The highest BCUT2D eigenvalue weighted by molar-refractivity contribution is 7.16. The van der Waals surface area contributed by atoms with Crippen LogP contribution in [0.2, 0.25) is 4.34 Å². The largest absolute Gasteiger partial charge is 0.467 e. The first kappa shape index (κ1) is 21.2. The molecular weight excluding hydrogens is 415 g/mol. The first-order chi connectivity index (χ1) is 13.3. The van der Waals surface area contributed by atoms with Gasteiger partial charge in [0.15, 0.2) is 0 Å². The molecule has 1 saturated heterocycles. The van der Waals surface area contributed by atoms with Gasteiger partial charge in [-0.1, -0.05) is 11.6 Å². The zero-order valence-electron chi connectivity index (χ0n) is 15.1. The smallest absolute Gasteiger partial charge is 0.406 e. The first-order valence-electron chi connectivity index (χ1n) is 8.84. The third-order valence-electron chi connectivity index (χ3n) is 4.48. The minimum absolute atomic E-state index is 0.0323. The molecule has 0 N–H and O–H groups in total. The van der Waals surface area contributed by atoms with Crippen LogP contribution >= 0.6 is 22.9 Å². The molecule has 0 aromatic carbocycles. The minimum Gasteiger partial charge on any atom is -0.467 e. The van der Waals surface area contributed by atoms with Gasteiger partial charge in [-0.25, -0.2) is 0 Å². The number of furan rings is 1. The molecule has 2 aromatic rings. The Bertz CT molecular complexity index is 758. The van der Waals surface area contributed by atoms with Gasteiger partial charge in [-0.3, -0.25) is 14.6 Å². The Morgan fingerprint density at radius 2 is 1.89 bits per heavy atom. The van der Waals surface area contributed by atoms with Gasteiger partial charge in [0, 0.05) is 37.6 Å². The van der Waals surface area contributed by atoms with Gasteiger partial charge in [0.25, 0.3) is 0 Å². The summed E-state index contributed by atoms with van der Waals surface area (Å²) in [6.45, 7) is 2.04. The lowest BCUT2D eigenvalue weighted by molar-refractivity contribution is -0.163. The average Bonchev–Trinajstić information content (AvgIpc) is 3.26. The molecule has 154 valence electrons. The van der Waals surface area contributed by atoms with Crippen LogP contribution in [0.3, 0.4) is 0 Å². The fourth-order valence-electron chi connectivity index (χ4n) is 3.09. The molecule has 0 saturated carbocycles. The topological polar surface area (TPSA) is 39.9 Å². The van der Waals surface area contributed by atoms with Gasteiger partial charge < -0.3 is 9.32 Å². The van der Waals surface area contributed by atoms with Gasteiger partial charge in [0.1, 0.15) is 12.3 Å². The van der Waals surface area contributed by atoms with Gasteiger partial charge in [0.05, 0.1) is 23.7 Å². The maximum absolute atomic E-state index is 12.9. The number of piperazine rings is 1. The Hall–Kier alpha value is -1.55. The van der Waals surface area contributed by atoms with Crippen LogP contribution in [0, 0.1) is 0 Å². The van der Waals surface area contributed by atoms with Crippen LogP contribution in [0.5, 0.6) is 0 Å². The van der Waals surface area contributed by atoms with E-state index in [0.717, 1.165) is 28.9 Å². The van der Waals surface area contributed by atoms with Crippen LogP contribution in [-0.2, 0) is 17.9 Å². The number of amides is 1. The molecule has 3 rings (SSSR count). The molecule has 1 fully saturated rings. The molecule has 3 heterocycles. The fourth-order valence-corrected chi connectivity index (χ4v) is 4.22. The molecule has 1 amide bonds. The Kier molecular flexibility index (Phi) is 7.03. The van der Waals surface area contributed by atoms with E-state index in [9.17, 15) is 18.0 Å². The first-order valence-corrected chi connectivity index (χ1v) is 10.0. The monoisotopic (exact) mass is 435 g/mol. The summed E-state index contributed by atoms with van der Waals surface area (Å²) in [6.07, 6.45) is -3.07. The van der Waals surface area contributed by atoms with Gasteiger partial charge in [-0.05, 0) is 24.3 Å². The van der Waals surface area contributed by atoms with E-state index in [-0.39, 0.29) is 13.1 Å². The van der Waals surface area contributed by atoms with E-state index in [4.69, 9.17) is 16.0 Å². The van der Waals surface area contributed by atoms with Crippen LogP contribution in [0.25, 0.3) is 0 Å². The lowest BCUT2D eigenvalue weighted by Crippen LogP contribution is -2.50. The summed E-state index contributed by atoms with van der Waals surface area (Å²) in [7, 11) is 0. The summed E-state index contributed by atoms with van der Waals surface area (Å²) in [5.41, 5.74) is 0. The van der Waals surface area contributed by atoms with E-state index >= 15 is 0 Å². The number of rotatable bonds is 7. The lowest BCUT2D eigenvalue weighted by Gasteiger charge is -2.35. The van der Waals surface area contributed by atoms with E-state index in [2.05, 4.69) is 4.90 Å². The van der Waals surface area contributed by atoms with Crippen molar-refractivity contribution in [2.45, 2.75) is 19.3 Å². The third kappa shape index (κ3) is 6.51. The van der Waals surface area contributed by atoms with Crippen LogP contribution in [0.4, 0.5) is 13.2 Å². The summed E-state index contributed by atoms with van der Waals surface area (Å²) < 4.78 is 44.5. The highest BCUT2D eigenvalue weighted by atomic mass is 35.5. The predicted molar refractivity (Wildman–Crippen MR) is 101 cm³/mol. The van der Waals surface area contributed by atoms with E-state index in [1.165, 1.54) is 22.5 Å². The number of hydrogen-bond acceptors (Lipinski definition) is 5. The zero-order valence-corrected chi connectivity index (χ0v) is 16.7. The molecule has 0 atom stereocenters. The summed E-state index contributed by atoms with van der Waals surface area (Å²) in [4.78, 5) is 18.6. The Balaban J connectivity index is 1.50. The van der Waals surface area contributed by atoms with Crippen molar-refractivity contribution in [2.75, 3.05) is 39.3 Å². The quantitative estimate of drug-likeness (QED) is 0.665. The standard InChI is InChI=1S/C18H21ClF3N3O2S/c19-16-4-3-15(28-16)11-23-5-7-24(8-6-23)12-17(26)25(13-18(20,21)22)10-14-2-1-9-27-14/h1-4,9H,5-8,10-13H2. The number of halogens is 4. The predicted octanol–water partition coefficient (Wildman–Crippen LogP) is 3.70. The van der Waals surface area contributed by atoms with Crippen molar-refractivity contribution in [3.8, 4) is 0 Å². The maximum atomic E-state index is 12.9. The van der Waals surface area contributed by atoms with Crippen molar-refractivity contribution in [1.29, 1.82) is 0 Å². The highest BCUT2D eigenvalue weighted by Gasteiger charge is 2.34. The van der Waals surface area contributed by atoms with Crippen LogP contribution in [0.1, 0.15) is 10.6 Å². The van der Waals surface area contributed by atoms with Gasteiger partial charge in [0.2, 0.25) is 5.91 Å². The second-order valence-corrected chi connectivity index (χ2v) is 8.50. The van der Waals surface area contributed by atoms with Gasteiger partial charge >= 0.3 is 6.18 Å². The second kappa shape index (κ2) is 9.30. The van der Waals surface area contributed by atoms with Gasteiger partial charge in [-0.15, -0.1) is 11.3 Å². The SMILES string of the molecule is O=C(CN1CCN(Cc2ccc(Cl)s2)CC1)N(Cc1ccco1)CC(F)(F)F. The summed E-state index contributed by atoms with van der Waals surface area (Å²) in [5.74, 6) is -0.218. The number of hydrogen-bond donors (Lipinski definition) is 0. The van der Waals surface area contributed by atoms with E-state index in [1.54, 1.807) is 12.1 Å². The van der Waals surface area contributed by atoms with Crippen molar-refractivity contribution < 1.29 is 22.4 Å². The lowest BCUT2D eigenvalue weighted by atomic mass is 10.3. The van der Waals surface area contributed by atoms with E-state index in [0.29, 0.717) is 18.8 Å². The van der Waals surface area contributed by atoms with Crippen LogP contribution < -0.4 is 0 Å². The zero-order chi connectivity index (χ0) is 20.1. The molecule has 0 aliphatic carbocycles. The average molecular weight is 436 g/mol. The van der Waals surface area contributed by atoms with Crippen molar-refractivity contribution in [2.24, 2.45) is 0 Å². The molecule has 2 aromatic heterocycles. The van der Waals surface area contributed by atoms with Crippen molar-refractivity contribution in [3.05, 3.63) is 45.5 Å². The second-order valence-electron chi connectivity index (χ2n) is 6.70. The molecule has 0 unspecified atom stereocenters. The summed E-state index contributed by atoms with van der Waals surface area (Å²) >= 11 is 7.49. The van der Waals surface area contributed by atoms with Crippen molar-refractivity contribution in [3.63, 3.8) is 0 Å². The molecular formula is C18H21ClF3N3O2S. The molecule has 10 heteroatoms. The molecule has 0 spiro atoms. The molecule has 28 heavy (non-hydrogen) atoms. The number of carbonyl (C=O) groups is 1. The Labute approximate surface area is 170 Å². The Morgan fingerprint density at radius 1 is 1.18 bits per heavy atom. The minimum atomic E-state index is -4.46. The number of alkyl halides is 3. The molecule has 5 nitrogen and oxygen atoms in total. The van der Waals surface area contributed by atoms with Crippen LogP contribution in [0.15, 0.2) is 34.9 Å². The summed E-state index contributed by atoms with van der Waals surface area (Å²) in [5, 5.41) is 0. The third-order valence-corrected chi connectivity index (χ3v) is 5.70. The van der Waals surface area contributed by atoms with Crippen molar-refractivity contribution in [1.82, 2.24) is 14.7 Å². The summed E-state index contributed by atoms with van der Waals surface area (Å²) in [6, 6.07) is 7.01. The molecule has 0 radical (unpaired) electrons. The fraction of sp³-hybridized carbons (Fsp3) is 0.500. The number of thiophene rings is 1. The number of nitrogens with zero attached hydrogens (tertiary/aromatic N) is 3. The maximum Gasteiger partial charge on any atom is 0.406 e.